The number of nitrogens with one attached hydrogen (secondary N) is 1. The molecule has 3 nitrogen and oxygen atoms in total. The molecule has 1 aromatic heterocycles. The van der Waals surface area contributed by atoms with Crippen molar-refractivity contribution in [2.75, 3.05) is 4.90 Å². The molecule has 1 atom stereocenters. The normalized spacial score (nSPS) is 19.1. The summed E-state index contributed by atoms with van der Waals surface area (Å²) in [6.07, 6.45) is 6.07. The van der Waals surface area contributed by atoms with E-state index in [0.717, 1.165) is 6.54 Å². The third kappa shape index (κ3) is 1.93. The fourth-order valence-corrected chi connectivity index (χ4v) is 2.56. The van der Waals surface area contributed by atoms with Gasteiger partial charge in [-0.2, -0.15) is 0 Å². The molecular weight excluding hydrogens is 210 g/mol. The number of para-hydroxylation sites is 1. The van der Waals surface area contributed by atoms with Crippen molar-refractivity contribution in [3.8, 4) is 0 Å². The molecule has 1 aromatic carbocycles. The highest BCUT2D eigenvalue weighted by atomic mass is 15.2. The van der Waals surface area contributed by atoms with Crippen LogP contribution in [-0.4, -0.2) is 16.0 Å². The number of aryl methyl sites for hydroxylation is 1. The molecule has 0 radical (unpaired) electrons. The first kappa shape index (κ1) is 10.4. The summed E-state index contributed by atoms with van der Waals surface area (Å²) in [5.74, 6) is 0. The smallest absolute Gasteiger partial charge is 0.0922 e. The summed E-state index contributed by atoms with van der Waals surface area (Å²) in [4.78, 5) is 9.73. The van der Waals surface area contributed by atoms with Crippen molar-refractivity contribution in [2.45, 2.75) is 32.4 Å². The molecule has 2 heterocycles. The summed E-state index contributed by atoms with van der Waals surface area (Å²) in [5.41, 5.74) is 4.01. The molecular formula is C14H17N3. The molecule has 0 saturated carbocycles. The third-order valence-electron chi connectivity index (χ3n) is 3.56. The minimum absolute atomic E-state index is 0.591. The van der Waals surface area contributed by atoms with Gasteiger partial charge in [0.1, 0.15) is 0 Å². The number of aromatic amines is 1. The van der Waals surface area contributed by atoms with Gasteiger partial charge in [0.2, 0.25) is 0 Å². The summed E-state index contributed by atoms with van der Waals surface area (Å²) < 4.78 is 0. The van der Waals surface area contributed by atoms with Gasteiger partial charge in [-0.05, 0) is 31.4 Å². The average Bonchev–Trinajstić information content (AvgIpc) is 2.86. The van der Waals surface area contributed by atoms with E-state index >= 15 is 0 Å². The maximum atomic E-state index is 4.09. The van der Waals surface area contributed by atoms with Gasteiger partial charge in [0.05, 0.1) is 18.6 Å². The van der Waals surface area contributed by atoms with Gasteiger partial charge in [-0.3, -0.25) is 0 Å². The number of hydrogen-bond acceptors (Lipinski definition) is 2. The van der Waals surface area contributed by atoms with E-state index in [4.69, 9.17) is 0 Å². The Hall–Kier alpha value is -1.77. The van der Waals surface area contributed by atoms with E-state index in [1.54, 1.807) is 6.33 Å². The van der Waals surface area contributed by atoms with Crippen LogP contribution in [0.4, 0.5) is 5.69 Å². The summed E-state index contributed by atoms with van der Waals surface area (Å²) in [7, 11) is 0. The van der Waals surface area contributed by atoms with Gasteiger partial charge in [-0.25, -0.2) is 4.98 Å². The van der Waals surface area contributed by atoms with Crippen molar-refractivity contribution in [1.82, 2.24) is 9.97 Å². The zero-order valence-electron chi connectivity index (χ0n) is 10.1. The number of hydrogen-bond donors (Lipinski definition) is 1. The maximum Gasteiger partial charge on any atom is 0.0922 e. The van der Waals surface area contributed by atoms with E-state index in [-0.39, 0.29) is 0 Å². The lowest BCUT2D eigenvalue weighted by Gasteiger charge is -2.36. The number of benzene rings is 1. The molecule has 2 aromatic rings. The van der Waals surface area contributed by atoms with Crippen LogP contribution in [0.25, 0.3) is 0 Å². The maximum absolute atomic E-state index is 4.09. The number of anilines is 1. The molecule has 88 valence electrons. The Morgan fingerprint density at radius 2 is 2.29 bits per heavy atom. The molecule has 0 aliphatic carbocycles. The summed E-state index contributed by atoms with van der Waals surface area (Å²) in [5, 5.41) is 0. The second-order valence-electron chi connectivity index (χ2n) is 4.72. The topological polar surface area (TPSA) is 31.9 Å². The minimum Gasteiger partial charge on any atom is -0.363 e. The van der Waals surface area contributed by atoms with Crippen LogP contribution in [0.5, 0.6) is 0 Å². The molecule has 0 saturated heterocycles. The van der Waals surface area contributed by atoms with E-state index in [0.29, 0.717) is 6.04 Å². The fourth-order valence-electron chi connectivity index (χ4n) is 2.56. The van der Waals surface area contributed by atoms with E-state index in [1.807, 2.05) is 6.20 Å². The predicted molar refractivity (Wildman–Crippen MR) is 69.0 cm³/mol. The molecule has 17 heavy (non-hydrogen) atoms. The van der Waals surface area contributed by atoms with Gasteiger partial charge in [0, 0.05) is 17.9 Å². The second-order valence-corrected chi connectivity index (χ2v) is 4.72. The Morgan fingerprint density at radius 3 is 3.12 bits per heavy atom. The molecule has 1 aliphatic rings. The number of H-pyrrole nitrogens is 1. The van der Waals surface area contributed by atoms with Crippen molar-refractivity contribution in [2.24, 2.45) is 0 Å². The molecule has 0 amide bonds. The van der Waals surface area contributed by atoms with Crippen LogP contribution in [0.15, 0.2) is 36.8 Å². The summed E-state index contributed by atoms with van der Waals surface area (Å²) >= 11 is 0. The highest BCUT2D eigenvalue weighted by Crippen LogP contribution is 2.31. The number of imidazole rings is 1. The lowest BCUT2D eigenvalue weighted by Crippen LogP contribution is -2.36. The van der Waals surface area contributed by atoms with Crippen molar-refractivity contribution in [3.63, 3.8) is 0 Å². The van der Waals surface area contributed by atoms with Gasteiger partial charge in [0.25, 0.3) is 0 Å². The van der Waals surface area contributed by atoms with Crippen molar-refractivity contribution in [3.05, 3.63) is 48.0 Å². The van der Waals surface area contributed by atoms with Crippen LogP contribution in [0.3, 0.4) is 0 Å². The first-order chi connectivity index (χ1) is 8.34. The fraction of sp³-hybridized carbons (Fsp3) is 0.357. The highest BCUT2D eigenvalue weighted by Gasteiger charge is 2.22. The second kappa shape index (κ2) is 4.24. The van der Waals surface area contributed by atoms with Crippen molar-refractivity contribution in [1.29, 1.82) is 0 Å². The van der Waals surface area contributed by atoms with Crippen LogP contribution in [0.2, 0.25) is 0 Å². The van der Waals surface area contributed by atoms with Gasteiger partial charge in [0.15, 0.2) is 0 Å². The Kier molecular flexibility index (Phi) is 2.59. The number of fused-ring (bicyclic) bond motifs is 1. The largest absolute Gasteiger partial charge is 0.363 e. The molecule has 3 heteroatoms. The molecule has 1 aliphatic heterocycles. The van der Waals surface area contributed by atoms with E-state index in [1.165, 1.54) is 29.8 Å². The van der Waals surface area contributed by atoms with Gasteiger partial charge >= 0.3 is 0 Å². The van der Waals surface area contributed by atoms with E-state index < -0.39 is 0 Å². The van der Waals surface area contributed by atoms with Crippen LogP contribution in [0.1, 0.15) is 24.6 Å². The predicted octanol–water partition coefficient (Wildman–Crippen LogP) is 2.75. The molecule has 0 unspecified atom stereocenters. The van der Waals surface area contributed by atoms with E-state index in [2.05, 4.69) is 46.1 Å². The highest BCUT2D eigenvalue weighted by molar-refractivity contribution is 5.56. The Balaban J connectivity index is 1.92. The Labute approximate surface area is 101 Å². The first-order valence-corrected chi connectivity index (χ1v) is 6.16. The van der Waals surface area contributed by atoms with E-state index in [9.17, 15) is 0 Å². The Morgan fingerprint density at radius 1 is 1.41 bits per heavy atom. The number of nitrogens with zero attached hydrogens (tertiary/aromatic N) is 2. The molecule has 0 spiro atoms. The van der Waals surface area contributed by atoms with Crippen LogP contribution >= 0.6 is 0 Å². The Bertz CT molecular complexity index is 490. The molecule has 0 fully saturated rings. The quantitative estimate of drug-likeness (QED) is 0.855. The standard InChI is InChI=1S/C14H17N3/c1-11-6-7-12-4-2-3-5-14(12)17(11)9-13-8-15-10-16-13/h2-5,8,10-11H,6-7,9H2,1H3,(H,15,16)/t11-/m1/s1. The molecule has 0 bridgehead atoms. The van der Waals surface area contributed by atoms with Crippen molar-refractivity contribution >= 4 is 5.69 Å². The molecule has 3 rings (SSSR count). The van der Waals surface area contributed by atoms with Gasteiger partial charge in [-0.15, -0.1) is 0 Å². The zero-order valence-corrected chi connectivity index (χ0v) is 10.1. The van der Waals surface area contributed by atoms with Gasteiger partial charge in [-0.1, -0.05) is 18.2 Å². The minimum atomic E-state index is 0.591. The average molecular weight is 227 g/mol. The van der Waals surface area contributed by atoms with Crippen LogP contribution < -0.4 is 4.90 Å². The lowest BCUT2D eigenvalue weighted by molar-refractivity contribution is 0.557. The van der Waals surface area contributed by atoms with Gasteiger partial charge < -0.3 is 9.88 Å². The van der Waals surface area contributed by atoms with Crippen LogP contribution in [0, 0.1) is 0 Å². The summed E-state index contributed by atoms with van der Waals surface area (Å²) in [6.45, 7) is 3.21. The molecule has 1 N–H and O–H groups in total. The summed E-state index contributed by atoms with van der Waals surface area (Å²) in [6, 6.07) is 9.30. The lowest BCUT2D eigenvalue weighted by atomic mass is 9.96. The number of aromatic nitrogens is 2. The SMILES string of the molecule is C[C@@H]1CCc2ccccc2N1Cc1cnc[nH]1. The van der Waals surface area contributed by atoms with Crippen LogP contribution in [-0.2, 0) is 13.0 Å². The first-order valence-electron chi connectivity index (χ1n) is 6.16. The zero-order chi connectivity index (χ0) is 11.7. The van der Waals surface area contributed by atoms with Crippen molar-refractivity contribution < 1.29 is 0 Å². The third-order valence-corrected chi connectivity index (χ3v) is 3.56. The number of rotatable bonds is 2. The monoisotopic (exact) mass is 227 g/mol.